The minimum Gasteiger partial charge on any atom is -0.395 e. The summed E-state index contributed by atoms with van der Waals surface area (Å²) in [6.45, 7) is 3.87. The third kappa shape index (κ3) is 3.13. The third-order valence-corrected chi connectivity index (χ3v) is 3.54. The summed E-state index contributed by atoms with van der Waals surface area (Å²) >= 11 is 0. The number of anilines is 2. The highest BCUT2D eigenvalue weighted by molar-refractivity contribution is 5.56. The summed E-state index contributed by atoms with van der Waals surface area (Å²) in [5, 5.41) is 12.5. The number of aromatic nitrogens is 1. The monoisotopic (exact) mass is 249 g/mol. The Kier molecular flexibility index (Phi) is 4.81. The van der Waals surface area contributed by atoms with Crippen molar-refractivity contribution in [3.8, 4) is 0 Å². The van der Waals surface area contributed by atoms with Crippen LogP contribution in [0.2, 0.25) is 0 Å². The van der Waals surface area contributed by atoms with Gasteiger partial charge >= 0.3 is 0 Å². The quantitative estimate of drug-likeness (QED) is 0.812. The summed E-state index contributed by atoms with van der Waals surface area (Å²) < 4.78 is 0. The molecule has 0 aromatic carbocycles. The molecule has 1 saturated carbocycles. The molecule has 100 valence electrons. The fourth-order valence-corrected chi connectivity index (χ4v) is 2.73. The second-order valence-corrected chi connectivity index (χ2v) is 4.82. The number of pyridine rings is 1. The lowest BCUT2D eigenvalue weighted by molar-refractivity contribution is 0.297. The molecule has 0 atom stereocenters. The highest BCUT2D eigenvalue weighted by atomic mass is 16.3. The fraction of sp³-hybridized carbons (Fsp3) is 0.643. The van der Waals surface area contributed by atoms with Gasteiger partial charge in [0.2, 0.25) is 0 Å². The van der Waals surface area contributed by atoms with E-state index in [0.717, 1.165) is 17.9 Å². The molecule has 0 amide bonds. The highest BCUT2D eigenvalue weighted by Gasteiger charge is 2.22. The molecule has 1 aliphatic carbocycles. The molecule has 0 unspecified atom stereocenters. The van der Waals surface area contributed by atoms with Gasteiger partial charge in [-0.05, 0) is 25.8 Å². The average Bonchev–Trinajstić information content (AvgIpc) is 2.90. The van der Waals surface area contributed by atoms with Crippen molar-refractivity contribution in [2.24, 2.45) is 0 Å². The van der Waals surface area contributed by atoms with Crippen LogP contribution in [0, 0.1) is 0 Å². The molecule has 0 saturated heterocycles. The maximum absolute atomic E-state index is 9.25. The Morgan fingerprint density at radius 1 is 1.39 bits per heavy atom. The van der Waals surface area contributed by atoms with Crippen LogP contribution in [0.15, 0.2) is 18.5 Å². The Labute approximate surface area is 109 Å². The summed E-state index contributed by atoms with van der Waals surface area (Å²) in [7, 11) is 0. The van der Waals surface area contributed by atoms with Gasteiger partial charge in [-0.15, -0.1) is 0 Å². The Hall–Kier alpha value is -1.29. The highest BCUT2D eigenvalue weighted by Crippen LogP contribution is 2.28. The van der Waals surface area contributed by atoms with Crippen LogP contribution in [-0.2, 0) is 0 Å². The van der Waals surface area contributed by atoms with E-state index in [2.05, 4.69) is 28.2 Å². The van der Waals surface area contributed by atoms with Gasteiger partial charge in [0, 0.05) is 19.1 Å². The van der Waals surface area contributed by atoms with E-state index in [1.54, 1.807) is 0 Å². The molecule has 2 rings (SSSR count). The smallest absolute Gasteiger partial charge is 0.0606 e. The first-order valence-electron chi connectivity index (χ1n) is 6.91. The van der Waals surface area contributed by atoms with Gasteiger partial charge < -0.3 is 15.3 Å². The van der Waals surface area contributed by atoms with Crippen molar-refractivity contribution in [2.75, 3.05) is 29.9 Å². The second-order valence-electron chi connectivity index (χ2n) is 4.82. The van der Waals surface area contributed by atoms with Crippen molar-refractivity contribution in [1.29, 1.82) is 0 Å². The van der Waals surface area contributed by atoms with Crippen molar-refractivity contribution in [3.63, 3.8) is 0 Å². The lowest BCUT2D eigenvalue weighted by atomic mass is 10.2. The van der Waals surface area contributed by atoms with Crippen molar-refractivity contribution >= 4 is 11.4 Å². The van der Waals surface area contributed by atoms with E-state index in [9.17, 15) is 5.11 Å². The predicted octanol–water partition coefficient (Wildman–Crippen LogP) is 2.25. The molecule has 0 radical (unpaired) electrons. The number of nitrogens with one attached hydrogen (secondary N) is 1. The SMILES string of the molecule is CCNc1cncc(N(CCO)C2CCCC2)c1. The molecule has 1 aliphatic rings. The minimum absolute atomic E-state index is 0.196. The molecule has 1 aromatic heterocycles. The normalized spacial score (nSPS) is 15.9. The fourth-order valence-electron chi connectivity index (χ4n) is 2.73. The minimum atomic E-state index is 0.196. The number of rotatable bonds is 6. The zero-order chi connectivity index (χ0) is 12.8. The largest absolute Gasteiger partial charge is 0.395 e. The Balaban J connectivity index is 2.15. The molecule has 1 fully saturated rings. The molecule has 1 heterocycles. The predicted molar refractivity (Wildman–Crippen MR) is 75.1 cm³/mol. The summed E-state index contributed by atoms with van der Waals surface area (Å²) in [6, 6.07) is 2.70. The van der Waals surface area contributed by atoms with Crippen molar-refractivity contribution in [1.82, 2.24) is 4.98 Å². The molecule has 18 heavy (non-hydrogen) atoms. The van der Waals surface area contributed by atoms with Gasteiger partial charge in [0.25, 0.3) is 0 Å². The number of hydrogen-bond acceptors (Lipinski definition) is 4. The molecule has 0 spiro atoms. The molecule has 4 nitrogen and oxygen atoms in total. The topological polar surface area (TPSA) is 48.4 Å². The van der Waals surface area contributed by atoms with Crippen LogP contribution >= 0.6 is 0 Å². The van der Waals surface area contributed by atoms with Crippen LogP contribution in [-0.4, -0.2) is 35.8 Å². The summed E-state index contributed by atoms with van der Waals surface area (Å²) in [5.41, 5.74) is 2.17. The standard InChI is InChI=1S/C14H23N3O/c1-2-16-12-9-14(11-15-10-12)17(7-8-18)13-5-3-4-6-13/h9-11,13,16,18H,2-8H2,1H3. The zero-order valence-corrected chi connectivity index (χ0v) is 11.1. The van der Waals surface area contributed by atoms with Gasteiger partial charge in [0.05, 0.1) is 30.4 Å². The molecule has 2 N–H and O–H groups in total. The van der Waals surface area contributed by atoms with Gasteiger partial charge in [-0.2, -0.15) is 0 Å². The summed E-state index contributed by atoms with van der Waals surface area (Å²) in [4.78, 5) is 6.60. The van der Waals surface area contributed by atoms with Gasteiger partial charge in [-0.25, -0.2) is 0 Å². The lowest BCUT2D eigenvalue weighted by Crippen LogP contribution is -2.35. The molecular formula is C14H23N3O. The maximum atomic E-state index is 9.25. The van der Waals surface area contributed by atoms with Crippen molar-refractivity contribution < 1.29 is 5.11 Å². The van der Waals surface area contributed by atoms with Crippen LogP contribution in [0.25, 0.3) is 0 Å². The number of hydrogen-bond donors (Lipinski definition) is 2. The number of nitrogens with zero attached hydrogens (tertiary/aromatic N) is 2. The molecule has 4 heteroatoms. The second kappa shape index (κ2) is 6.59. The summed E-state index contributed by atoms with van der Waals surface area (Å²) in [5.74, 6) is 0. The number of aliphatic hydroxyl groups excluding tert-OH is 1. The number of aliphatic hydroxyl groups is 1. The lowest BCUT2D eigenvalue weighted by Gasteiger charge is -2.30. The third-order valence-electron chi connectivity index (χ3n) is 3.54. The van der Waals surface area contributed by atoms with E-state index in [-0.39, 0.29) is 6.61 Å². The molecule has 1 aromatic rings. The first-order valence-corrected chi connectivity index (χ1v) is 6.91. The van der Waals surface area contributed by atoms with E-state index >= 15 is 0 Å². The first kappa shape index (κ1) is 13.1. The zero-order valence-electron chi connectivity index (χ0n) is 11.1. The van der Waals surface area contributed by atoms with Gasteiger partial charge in [-0.1, -0.05) is 12.8 Å². The van der Waals surface area contributed by atoms with Gasteiger partial charge in [-0.3, -0.25) is 4.98 Å². The van der Waals surface area contributed by atoms with Crippen molar-refractivity contribution in [3.05, 3.63) is 18.5 Å². The van der Waals surface area contributed by atoms with Crippen molar-refractivity contribution in [2.45, 2.75) is 38.6 Å². The Bertz CT molecular complexity index is 364. The van der Waals surface area contributed by atoms with Gasteiger partial charge in [0.15, 0.2) is 0 Å². The van der Waals surface area contributed by atoms with Crippen LogP contribution in [0.1, 0.15) is 32.6 Å². The van der Waals surface area contributed by atoms with Crippen LogP contribution in [0.4, 0.5) is 11.4 Å². The average molecular weight is 249 g/mol. The Morgan fingerprint density at radius 2 is 2.17 bits per heavy atom. The van der Waals surface area contributed by atoms with E-state index in [1.165, 1.54) is 25.7 Å². The van der Waals surface area contributed by atoms with E-state index < -0.39 is 0 Å². The van der Waals surface area contributed by atoms with E-state index in [0.29, 0.717) is 12.6 Å². The van der Waals surface area contributed by atoms with Crippen LogP contribution < -0.4 is 10.2 Å². The van der Waals surface area contributed by atoms with Gasteiger partial charge in [0.1, 0.15) is 0 Å². The van der Waals surface area contributed by atoms with Crippen LogP contribution in [0.3, 0.4) is 0 Å². The molecular weight excluding hydrogens is 226 g/mol. The molecule has 0 bridgehead atoms. The van der Waals surface area contributed by atoms with E-state index in [4.69, 9.17) is 0 Å². The first-order chi connectivity index (χ1) is 8.85. The molecule has 0 aliphatic heterocycles. The van der Waals surface area contributed by atoms with Crippen LogP contribution in [0.5, 0.6) is 0 Å². The maximum Gasteiger partial charge on any atom is 0.0606 e. The Morgan fingerprint density at radius 3 is 2.83 bits per heavy atom. The summed E-state index contributed by atoms with van der Waals surface area (Å²) in [6.07, 6.45) is 8.80. The van der Waals surface area contributed by atoms with E-state index in [1.807, 2.05) is 12.4 Å².